The van der Waals surface area contributed by atoms with E-state index in [2.05, 4.69) is 10.6 Å². The molecule has 1 aliphatic carbocycles. The summed E-state index contributed by atoms with van der Waals surface area (Å²) in [5, 5.41) is 5.99. The highest BCUT2D eigenvalue weighted by molar-refractivity contribution is 6.34. The normalized spacial score (nSPS) is 15.5. The molecular formula is C15H20ClN3O2. The predicted molar refractivity (Wildman–Crippen MR) is 83.5 cm³/mol. The number of anilines is 1. The summed E-state index contributed by atoms with van der Waals surface area (Å²) in [5.41, 5.74) is 6.14. The molecule has 0 unspecified atom stereocenters. The number of nitrogens with one attached hydrogen (secondary N) is 2. The molecule has 2 rings (SSSR count). The molecule has 1 aromatic rings. The first-order chi connectivity index (χ1) is 10.1. The molecule has 1 saturated carbocycles. The van der Waals surface area contributed by atoms with Crippen molar-refractivity contribution in [1.82, 2.24) is 5.32 Å². The monoisotopic (exact) mass is 309 g/mol. The molecule has 0 spiro atoms. The summed E-state index contributed by atoms with van der Waals surface area (Å²) < 4.78 is 0. The molecule has 6 heteroatoms. The fraction of sp³-hybridized carbons (Fsp3) is 0.467. The highest BCUT2D eigenvalue weighted by Gasteiger charge is 2.18. The fourth-order valence-corrected chi connectivity index (χ4v) is 2.70. The smallest absolute Gasteiger partial charge is 0.253 e. The minimum Gasteiger partial charge on any atom is -0.349 e. The fourth-order valence-electron chi connectivity index (χ4n) is 2.50. The van der Waals surface area contributed by atoms with Crippen LogP contribution < -0.4 is 16.4 Å². The number of carbonyl (C=O) groups is 2. The van der Waals surface area contributed by atoms with Crippen molar-refractivity contribution < 1.29 is 9.59 Å². The number of amides is 2. The summed E-state index contributed by atoms with van der Waals surface area (Å²) in [6.07, 6.45) is 5.53. The summed E-state index contributed by atoms with van der Waals surface area (Å²) in [6.45, 7) is -0.105. The van der Waals surface area contributed by atoms with Gasteiger partial charge in [-0.3, -0.25) is 9.59 Å². The molecule has 0 atom stereocenters. The lowest BCUT2D eigenvalue weighted by atomic mass is 9.95. The van der Waals surface area contributed by atoms with E-state index >= 15 is 0 Å². The number of carbonyl (C=O) groups excluding carboxylic acids is 2. The van der Waals surface area contributed by atoms with Gasteiger partial charge in [0.25, 0.3) is 5.91 Å². The minimum atomic E-state index is -0.309. The summed E-state index contributed by atoms with van der Waals surface area (Å²) in [6, 6.07) is 5.04. The van der Waals surface area contributed by atoms with Gasteiger partial charge in [-0.25, -0.2) is 0 Å². The van der Waals surface area contributed by atoms with Crippen molar-refractivity contribution in [3.63, 3.8) is 0 Å². The largest absolute Gasteiger partial charge is 0.349 e. The quantitative estimate of drug-likeness (QED) is 0.798. The second-order valence-corrected chi connectivity index (χ2v) is 5.66. The first-order valence-electron chi connectivity index (χ1n) is 7.20. The van der Waals surface area contributed by atoms with Gasteiger partial charge in [0.1, 0.15) is 0 Å². The molecule has 5 nitrogen and oxygen atoms in total. The third kappa shape index (κ3) is 4.44. The van der Waals surface area contributed by atoms with E-state index in [1.54, 1.807) is 18.2 Å². The summed E-state index contributed by atoms with van der Waals surface area (Å²) in [4.78, 5) is 23.6. The topological polar surface area (TPSA) is 84.2 Å². The molecule has 1 fully saturated rings. The van der Waals surface area contributed by atoms with E-state index in [-0.39, 0.29) is 24.4 Å². The van der Waals surface area contributed by atoms with Crippen LogP contribution in [0.1, 0.15) is 42.5 Å². The molecule has 21 heavy (non-hydrogen) atoms. The van der Waals surface area contributed by atoms with E-state index in [9.17, 15) is 9.59 Å². The first kappa shape index (κ1) is 15.8. The van der Waals surface area contributed by atoms with Crippen molar-refractivity contribution >= 4 is 29.1 Å². The Balaban J connectivity index is 2.07. The molecule has 4 N–H and O–H groups in total. The van der Waals surface area contributed by atoms with Gasteiger partial charge in [0.15, 0.2) is 0 Å². The van der Waals surface area contributed by atoms with Crippen molar-refractivity contribution in [3.8, 4) is 0 Å². The molecule has 114 valence electrons. The van der Waals surface area contributed by atoms with E-state index < -0.39 is 0 Å². The van der Waals surface area contributed by atoms with Gasteiger partial charge < -0.3 is 16.4 Å². The van der Waals surface area contributed by atoms with Crippen LogP contribution in [0.5, 0.6) is 0 Å². The lowest BCUT2D eigenvalue weighted by molar-refractivity contribution is -0.114. The Bertz CT molecular complexity index is 528. The van der Waals surface area contributed by atoms with Gasteiger partial charge >= 0.3 is 0 Å². The Morgan fingerprint density at radius 3 is 2.62 bits per heavy atom. The Morgan fingerprint density at radius 1 is 1.24 bits per heavy atom. The van der Waals surface area contributed by atoms with Crippen LogP contribution in [0.2, 0.25) is 5.02 Å². The lowest BCUT2D eigenvalue weighted by Gasteiger charge is -2.23. The molecular weight excluding hydrogens is 290 g/mol. The van der Waals surface area contributed by atoms with E-state index in [1.807, 2.05) is 0 Å². The van der Waals surface area contributed by atoms with E-state index in [1.165, 1.54) is 6.42 Å². The van der Waals surface area contributed by atoms with E-state index in [0.29, 0.717) is 16.3 Å². The van der Waals surface area contributed by atoms with Crippen molar-refractivity contribution in [3.05, 3.63) is 28.8 Å². The molecule has 0 bridgehead atoms. The van der Waals surface area contributed by atoms with Gasteiger partial charge in [-0.15, -0.1) is 0 Å². The highest BCUT2D eigenvalue weighted by atomic mass is 35.5. The standard InChI is InChI=1S/C15H20ClN3O2/c16-13-7-6-11(18-14(20)9-17)8-12(13)15(21)19-10-4-2-1-3-5-10/h6-8,10H,1-5,9,17H2,(H,18,20)(H,19,21). The van der Waals surface area contributed by atoms with Gasteiger partial charge in [-0.1, -0.05) is 30.9 Å². The van der Waals surface area contributed by atoms with Crippen molar-refractivity contribution in [1.29, 1.82) is 0 Å². The van der Waals surface area contributed by atoms with Crippen LogP contribution in [-0.4, -0.2) is 24.4 Å². The van der Waals surface area contributed by atoms with Gasteiger partial charge in [0, 0.05) is 11.7 Å². The Morgan fingerprint density at radius 2 is 1.95 bits per heavy atom. The summed E-state index contributed by atoms with van der Waals surface area (Å²) in [7, 11) is 0. The zero-order valence-corrected chi connectivity index (χ0v) is 12.6. The Labute approximate surface area is 129 Å². The third-order valence-corrected chi connectivity index (χ3v) is 3.95. The molecule has 1 aromatic carbocycles. The molecule has 0 radical (unpaired) electrons. The maximum absolute atomic E-state index is 12.3. The van der Waals surface area contributed by atoms with E-state index in [4.69, 9.17) is 17.3 Å². The van der Waals surface area contributed by atoms with Crippen LogP contribution in [0.3, 0.4) is 0 Å². The van der Waals surface area contributed by atoms with Crippen LogP contribution in [0, 0.1) is 0 Å². The molecule has 0 aromatic heterocycles. The van der Waals surface area contributed by atoms with Crippen LogP contribution in [0.15, 0.2) is 18.2 Å². The molecule has 1 aliphatic rings. The van der Waals surface area contributed by atoms with Gasteiger partial charge in [0.2, 0.25) is 5.91 Å². The summed E-state index contributed by atoms with van der Waals surface area (Å²) >= 11 is 6.08. The van der Waals surface area contributed by atoms with Crippen LogP contribution in [-0.2, 0) is 4.79 Å². The maximum atomic E-state index is 12.3. The van der Waals surface area contributed by atoms with Gasteiger partial charge in [-0.2, -0.15) is 0 Å². The average molecular weight is 310 g/mol. The lowest BCUT2D eigenvalue weighted by Crippen LogP contribution is -2.36. The zero-order valence-electron chi connectivity index (χ0n) is 11.8. The second kappa shape index (κ2) is 7.43. The number of nitrogens with two attached hydrogens (primary N) is 1. The SMILES string of the molecule is NCC(=O)Nc1ccc(Cl)c(C(=O)NC2CCCCC2)c1. The molecule has 0 aliphatic heterocycles. The van der Waals surface area contributed by atoms with E-state index in [0.717, 1.165) is 25.7 Å². The second-order valence-electron chi connectivity index (χ2n) is 5.26. The van der Waals surface area contributed by atoms with Gasteiger partial charge in [-0.05, 0) is 31.0 Å². The van der Waals surface area contributed by atoms with Crippen LogP contribution >= 0.6 is 11.6 Å². The number of hydrogen-bond donors (Lipinski definition) is 3. The molecule has 2 amide bonds. The Kier molecular flexibility index (Phi) is 5.59. The number of hydrogen-bond acceptors (Lipinski definition) is 3. The Hall–Kier alpha value is -1.59. The average Bonchev–Trinajstić information content (AvgIpc) is 2.50. The van der Waals surface area contributed by atoms with Crippen molar-refractivity contribution in [2.75, 3.05) is 11.9 Å². The number of rotatable bonds is 4. The van der Waals surface area contributed by atoms with Crippen molar-refractivity contribution in [2.45, 2.75) is 38.1 Å². The number of benzene rings is 1. The third-order valence-electron chi connectivity index (χ3n) is 3.62. The van der Waals surface area contributed by atoms with Gasteiger partial charge in [0.05, 0.1) is 17.1 Å². The number of halogens is 1. The molecule has 0 heterocycles. The van der Waals surface area contributed by atoms with Crippen molar-refractivity contribution in [2.24, 2.45) is 5.73 Å². The zero-order chi connectivity index (χ0) is 15.2. The van der Waals surface area contributed by atoms with Crippen LogP contribution in [0.25, 0.3) is 0 Å². The first-order valence-corrected chi connectivity index (χ1v) is 7.58. The summed E-state index contributed by atoms with van der Waals surface area (Å²) in [5.74, 6) is -0.508. The minimum absolute atomic E-state index is 0.105. The predicted octanol–water partition coefficient (Wildman–Crippen LogP) is 2.30. The van der Waals surface area contributed by atoms with Crippen LogP contribution in [0.4, 0.5) is 5.69 Å². The highest BCUT2D eigenvalue weighted by Crippen LogP contribution is 2.22. The maximum Gasteiger partial charge on any atom is 0.253 e. The molecule has 0 saturated heterocycles.